The fraction of sp³-hybridized carbons (Fsp3) is 0.800. The Balaban J connectivity index is 4.40. The third-order valence-corrected chi connectivity index (χ3v) is 2.86. The minimum Gasteiger partial charge on any atom is -0.382 e. The van der Waals surface area contributed by atoms with Crippen molar-refractivity contribution in [1.29, 1.82) is 0 Å². The molecule has 0 aliphatic carbocycles. The van der Waals surface area contributed by atoms with E-state index >= 15 is 0 Å². The van der Waals surface area contributed by atoms with Crippen LogP contribution in [0.1, 0.15) is 47.5 Å². The van der Waals surface area contributed by atoms with Crippen molar-refractivity contribution in [1.82, 2.24) is 0 Å². The molecule has 0 aliphatic rings. The predicted octanol–water partition coefficient (Wildman–Crippen LogP) is 3.84. The molecule has 0 aromatic rings. The van der Waals surface area contributed by atoms with Gasteiger partial charge in [-0.2, -0.15) is 0 Å². The number of allylic oxidation sites excluding steroid dienone is 1. The summed E-state index contributed by atoms with van der Waals surface area (Å²) < 4.78 is 10.5. The summed E-state index contributed by atoms with van der Waals surface area (Å²) in [7, 11) is 1.68. The Morgan fingerprint density at radius 1 is 1.22 bits per heavy atom. The van der Waals surface area contributed by atoms with E-state index in [0.29, 0.717) is 19.8 Å². The van der Waals surface area contributed by atoms with Gasteiger partial charge in [0, 0.05) is 19.0 Å². The molecule has 0 aromatic heterocycles. The van der Waals surface area contributed by atoms with Gasteiger partial charge in [-0.25, -0.2) is 0 Å². The fourth-order valence-corrected chi connectivity index (χ4v) is 1.18. The number of hydrogen-bond acceptors (Lipinski definition) is 3. The van der Waals surface area contributed by atoms with Crippen molar-refractivity contribution in [2.45, 2.75) is 47.5 Å². The molecular weight excluding hydrogens is 226 g/mol. The zero-order chi connectivity index (χ0) is 14.0. The zero-order valence-electron chi connectivity index (χ0n) is 12.9. The Labute approximate surface area is 112 Å². The van der Waals surface area contributed by atoms with Crippen molar-refractivity contribution < 1.29 is 9.47 Å². The Morgan fingerprint density at radius 3 is 2.39 bits per heavy atom. The quantitative estimate of drug-likeness (QED) is 0.487. The monoisotopic (exact) mass is 255 g/mol. The number of rotatable bonds is 8. The molecule has 0 radical (unpaired) electrons. The van der Waals surface area contributed by atoms with Crippen molar-refractivity contribution in [3.05, 3.63) is 11.8 Å². The van der Waals surface area contributed by atoms with Crippen LogP contribution in [-0.2, 0) is 9.47 Å². The molecule has 0 saturated heterocycles. The SMILES string of the molecule is CCC/C(COCCOC)=N\C=C(/C)C(C)(C)C. The van der Waals surface area contributed by atoms with Crippen LogP contribution in [0.15, 0.2) is 16.8 Å². The molecule has 106 valence electrons. The van der Waals surface area contributed by atoms with Gasteiger partial charge in [0.15, 0.2) is 0 Å². The van der Waals surface area contributed by atoms with Crippen LogP contribution < -0.4 is 0 Å². The van der Waals surface area contributed by atoms with E-state index in [-0.39, 0.29) is 5.41 Å². The first-order chi connectivity index (χ1) is 8.41. The molecule has 0 amide bonds. The van der Waals surface area contributed by atoms with Gasteiger partial charge in [-0.05, 0) is 24.3 Å². The first-order valence-electron chi connectivity index (χ1n) is 6.71. The molecule has 0 spiro atoms. The van der Waals surface area contributed by atoms with Gasteiger partial charge >= 0.3 is 0 Å². The highest BCUT2D eigenvalue weighted by atomic mass is 16.5. The maximum atomic E-state index is 5.52. The average molecular weight is 255 g/mol. The molecule has 0 saturated carbocycles. The smallest absolute Gasteiger partial charge is 0.0849 e. The van der Waals surface area contributed by atoms with Gasteiger partial charge in [-0.15, -0.1) is 0 Å². The number of ether oxygens (including phenoxy) is 2. The molecule has 0 aliphatic heterocycles. The summed E-state index contributed by atoms with van der Waals surface area (Å²) in [6, 6.07) is 0. The largest absolute Gasteiger partial charge is 0.382 e. The third kappa shape index (κ3) is 8.43. The average Bonchev–Trinajstić information content (AvgIpc) is 2.29. The highest BCUT2D eigenvalue weighted by Gasteiger charge is 2.11. The summed E-state index contributed by atoms with van der Waals surface area (Å²) in [5, 5.41) is 0. The van der Waals surface area contributed by atoms with E-state index in [2.05, 4.69) is 39.6 Å². The van der Waals surface area contributed by atoms with Crippen LogP contribution in [0.3, 0.4) is 0 Å². The van der Waals surface area contributed by atoms with E-state index in [9.17, 15) is 0 Å². The van der Waals surface area contributed by atoms with Crippen LogP contribution in [0.25, 0.3) is 0 Å². The zero-order valence-corrected chi connectivity index (χ0v) is 12.9. The van der Waals surface area contributed by atoms with Gasteiger partial charge in [0.25, 0.3) is 0 Å². The maximum Gasteiger partial charge on any atom is 0.0849 e. The topological polar surface area (TPSA) is 30.8 Å². The van der Waals surface area contributed by atoms with Gasteiger partial charge in [-0.3, -0.25) is 4.99 Å². The summed E-state index contributed by atoms with van der Waals surface area (Å²) in [5.41, 5.74) is 2.57. The highest BCUT2D eigenvalue weighted by molar-refractivity contribution is 5.86. The van der Waals surface area contributed by atoms with Crippen molar-refractivity contribution in [3.63, 3.8) is 0 Å². The van der Waals surface area contributed by atoms with Crippen LogP contribution >= 0.6 is 0 Å². The second-order valence-electron chi connectivity index (χ2n) is 5.55. The lowest BCUT2D eigenvalue weighted by Gasteiger charge is -2.18. The van der Waals surface area contributed by atoms with Crippen LogP contribution in [-0.4, -0.2) is 32.6 Å². The Bertz CT molecular complexity index is 275. The predicted molar refractivity (Wildman–Crippen MR) is 78.3 cm³/mol. The molecule has 3 heteroatoms. The first kappa shape index (κ1) is 17.3. The van der Waals surface area contributed by atoms with E-state index in [1.54, 1.807) is 7.11 Å². The number of aliphatic imine (C=N–C) groups is 1. The minimum atomic E-state index is 0.178. The lowest BCUT2D eigenvalue weighted by molar-refractivity contribution is 0.0895. The van der Waals surface area contributed by atoms with Crippen LogP contribution in [0.5, 0.6) is 0 Å². The molecule has 0 N–H and O–H groups in total. The van der Waals surface area contributed by atoms with Crippen LogP contribution in [0, 0.1) is 5.41 Å². The molecular formula is C15H29NO2. The highest BCUT2D eigenvalue weighted by Crippen LogP contribution is 2.24. The second-order valence-corrected chi connectivity index (χ2v) is 5.55. The third-order valence-electron chi connectivity index (χ3n) is 2.86. The normalized spacial score (nSPS) is 14.1. The molecule has 0 unspecified atom stereocenters. The molecule has 0 rings (SSSR count). The molecule has 0 fully saturated rings. The summed E-state index contributed by atoms with van der Waals surface area (Å²) in [4.78, 5) is 4.57. The number of hydrogen-bond donors (Lipinski definition) is 0. The summed E-state index contributed by atoms with van der Waals surface area (Å²) in [6.45, 7) is 12.7. The van der Waals surface area contributed by atoms with Crippen molar-refractivity contribution >= 4 is 5.71 Å². The van der Waals surface area contributed by atoms with Gasteiger partial charge < -0.3 is 9.47 Å². The first-order valence-corrected chi connectivity index (χ1v) is 6.71. The second kappa shape index (κ2) is 9.29. The van der Waals surface area contributed by atoms with Gasteiger partial charge in [-0.1, -0.05) is 34.1 Å². The lowest BCUT2D eigenvalue weighted by atomic mass is 9.88. The van der Waals surface area contributed by atoms with Crippen LogP contribution in [0.4, 0.5) is 0 Å². The van der Waals surface area contributed by atoms with Crippen LogP contribution in [0.2, 0.25) is 0 Å². The Morgan fingerprint density at radius 2 is 1.89 bits per heavy atom. The minimum absolute atomic E-state index is 0.178. The molecule has 0 heterocycles. The van der Waals surface area contributed by atoms with E-state index in [1.807, 2.05) is 6.20 Å². The summed E-state index contributed by atoms with van der Waals surface area (Å²) in [6.07, 6.45) is 4.06. The van der Waals surface area contributed by atoms with Gasteiger partial charge in [0.1, 0.15) is 0 Å². The van der Waals surface area contributed by atoms with E-state index in [0.717, 1.165) is 18.6 Å². The Kier molecular flexibility index (Phi) is 8.94. The van der Waals surface area contributed by atoms with Crippen molar-refractivity contribution in [3.8, 4) is 0 Å². The fourth-order valence-electron chi connectivity index (χ4n) is 1.18. The van der Waals surface area contributed by atoms with Crippen molar-refractivity contribution in [2.75, 3.05) is 26.9 Å². The van der Waals surface area contributed by atoms with E-state index in [4.69, 9.17) is 9.47 Å². The van der Waals surface area contributed by atoms with Gasteiger partial charge in [0.05, 0.1) is 19.8 Å². The molecule has 18 heavy (non-hydrogen) atoms. The lowest BCUT2D eigenvalue weighted by Crippen LogP contribution is -2.12. The van der Waals surface area contributed by atoms with Gasteiger partial charge in [0.2, 0.25) is 0 Å². The standard InChI is InChI=1S/C15H29NO2/c1-7-8-14(12-18-10-9-17-6)16-11-13(2)15(3,4)5/h11H,7-10,12H2,1-6H3/b13-11+,16-14+. The summed E-state index contributed by atoms with van der Waals surface area (Å²) in [5.74, 6) is 0. The molecule has 0 bridgehead atoms. The Hall–Kier alpha value is -0.670. The molecule has 0 aromatic carbocycles. The summed E-state index contributed by atoms with van der Waals surface area (Å²) >= 11 is 0. The molecule has 3 nitrogen and oxygen atoms in total. The van der Waals surface area contributed by atoms with E-state index < -0.39 is 0 Å². The number of nitrogens with zero attached hydrogens (tertiary/aromatic N) is 1. The maximum absolute atomic E-state index is 5.52. The molecule has 0 atom stereocenters. The van der Waals surface area contributed by atoms with E-state index in [1.165, 1.54) is 5.57 Å². The number of methoxy groups -OCH3 is 1. The van der Waals surface area contributed by atoms with Crippen molar-refractivity contribution in [2.24, 2.45) is 10.4 Å².